The smallest absolute Gasteiger partial charge is 0.268 e. The molecule has 1 aliphatic heterocycles. The summed E-state index contributed by atoms with van der Waals surface area (Å²) in [5.74, 6) is 0.633. The molecule has 0 N–H and O–H groups in total. The van der Waals surface area contributed by atoms with Crippen LogP contribution >= 0.6 is 11.3 Å². The number of anilines is 1. The van der Waals surface area contributed by atoms with Crippen LogP contribution in [0.3, 0.4) is 0 Å². The monoisotopic (exact) mass is 367 g/mol. The number of nitrogens with zero attached hydrogens (tertiary/aromatic N) is 3. The van der Waals surface area contributed by atoms with Gasteiger partial charge >= 0.3 is 0 Å². The highest BCUT2D eigenvalue weighted by molar-refractivity contribution is 7.20. The Bertz CT molecular complexity index is 969. The zero-order valence-corrected chi connectivity index (χ0v) is 16.6. The average Bonchev–Trinajstić information content (AvgIpc) is 3.16. The van der Waals surface area contributed by atoms with Gasteiger partial charge in [0.1, 0.15) is 4.83 Å². The molecule has 0 saturated heterocycles. The molecule has 0 saturated carbocycles. The van der Waals surface area contributed by atoms with Gasteiger partial charge in [-0.15, -0.1) is 11.3 Å². The highest BCUT2D eigenvalue weighted by Crippen LogP contribution is 2.35. The van der Waals surface area contributed by atoms with Gasteiger partial charge in [-0.3, -0.25) is 9.48 Å². The van der Waals surface area contributed by atoms with Crippen molar-refractivity contribution in [2.45, 2.75) is 53.1 Å². The van der Waals surface area contributed by atoms with Crippen molar-refractivity contribution in [1.29, 1.82) is 0 Å². The van der Waals surface area contributed by atoms with Crippen LogP contribution in [0, 0.1) is 12.8 Å². The van der Waals surface area contributed by atoms with Crippen molar-refractivity contribution < 1.29 is 4.79 Å². The molecule has 0 bridgehead atoms. The summed E-state index contributed by atoms with van der Waals surface area (Å²) in [6, 6.07) is 10.5. The molecule has 1 atom stereocenters. The highest BCUT2D eigenvalue weighted by atomic mass is 32.1. The Hall–Kier alpha value is -2.14. The van der Waals surface area contributed by atoms with Gasteiger partial charge < -0.3 is 4.90 Å². The lowest BCUT2D eigenvalue weighted by atomic mass is 9.96. The van der Waals surface area contributed by atoms with E-state index in [4.69, 9.17) is 0 Å². The number of carbonyl (C=O) groups is 1. The van der Waals surface area contributed by atoms with Gasteiger partial charge in [-0.05, 0) is 50.3 Å². The van der Waals surface area contributed by atoms with Gasteiger partial charge in [-0.2, -0.15) is 5.10 Å². The third-order valence-corrected chi connectivity index (χ3v) is 6.23. The van der Waals surface area contributed by atoms with Crippen molar-refractivity contribution in [2.75, 3.05) is 4.90 Å². The lowest BCUT2D eigenvalue weighted by Crippen LogP contribution is -2.41. The van der Waals surface area contributed by atoms with Crippen molar-refractivity contribution in [2.24, 2.45) is 5.92 Å². The zero-order chi connectivity index (χ0) is 18.4. The molecule has 4 nitrogen and oxygen atoms in total. The van der Waals surface area contributed by atoms with E-state index in [1.165, 1.54) is 5.56 Å². The molecule has 0 spiro atoms. The number of aryl methyl sites for hydroxylation is 2. The molecule has 5 heteroatoms. The first-order chi connectivity index (χ1) is 12.5. The van der Waals surface area contributed by atoms with Gasteiger partial charge in [0.05, 0.1) is 10.6 Å². The molecule has 3 aromatic rings. The highest BCUT2D eigenvalue weighted by Gasteiger charge is 2.30. The molecule has 1 aromatic carbocycles. The van der Waals surface area contributed by atoms with Gasteiger partial charge in [-0.25, -0.2) is 0 Å². The summed E-state index contributed by atoms with van der Waals surface area (Å²) >= 11 is 1.57. The fourth-order valence-electron chi connectivity index (χ4n) is 3.80. The maximum absolute atomic E-state index is 13.4. The third-order valence-electron chi connectivity index (χ3n) is 5.10. The number of rotatable bonds is 3. The van der Waals surface area contributed by atoms with Crippen molar-refractivity contribution in [3.05, 3.63) is 46.5 Å². The minimum atomic E-state index is 0.112. The van der Waals surface area contributed by atoms with E-state index in [0.29, 0.717) is 5.92 Å². The maximum atomic E-state index is 13.4. The molecular weight excluding hydrogens is 342 g/mol. The number of para-hydroxylation sites is 1. The zero-order valence-electron chi connectivity index (χ0n) is 15.8. The van der Waals surface area contributed by atoms with Gasteiger partial charge in [0, 0.05) is 23.7 Å². The number of thiophene rings is 1. The molecule has 0 aliphatic carbocycles. The van der Waals surface area contributed by atoms with E-state index in [0.717, 1.165) is 45.9 Å². The Kier molecular flexibility index (Phi) is 4.35. The van der Waals surface area contributed by atoms with Crippen molar-refractivity contribution in [1.82, 2.24) is 9.78 Å². The van der Waals surface area contributed by atoms with E-state index in [2.05, 4.69) is 48.8 Å². The first kappa shape index (κ1) is 17.3. The molecule has 136 valence electrons. The summed E-state index contributed by atoms with van der Waals surface area (Å²) in [6.45, 7) is 9.43. The van der Waals surface area contributed by atoms with Gasteiger partial charge in [0.2, 0.25) is 0 Å². The Morgan fingerprint density at radius 3 is 2.88 bits per heavy atom. The average molecular weight is 368 g/mol. The lowest BCUT2D eigenvalue weighted by molar-refractivity contribution is 0.0979. The first-order valence-electron chi connectivity index (χ1n) is 9.34. The largest absolute Gasteiger partial charge is 0.305 e. The van der Waals surface area contributed by atoms with Crippen molar-refractivity contribution in [3.63, 3.8) is 0 Å². The molecular formula is C21H25N3OS. The van der Waals surface area contributed by atoms with Crippen LogP contribution in [-0.4, -0.2) is 21.7 Å². The van der Waals surface area contributed by atoms with Crippen LogP contribution in [0.15, 0.2) is 30.3 Å². The number of amides is 1. The summed E-state index contributed by atoms with van der Waals surface area (Å²) in [7, 11) is 0. The summed E-state index contributed by atoms with van der Waals surface area (Å²) in [6.07, 6.45) is 2.05. The van der Waals surface area contributed by atoms with Gasteiger partial charge in [0.15, 0.2) is 0 Å². The second kappa shape index (κ2) is 6.54. The number of aromatic nitrogens is 2. The van der Waals surface area contributed by atoms with Crippen LogP contribution < -0.4 is 4.90 Å². The van der Waals surface area contributed by atoms with Gasteiger partial charge in [-0.1, -0.05) is 32.0 Å². The van der Waals surface area contributed by atoms with Crippen molar-refractivity contribution >= 4 is 33.1 Å². The van der Waals surface area contributed by atoms with Crippen LogP contribution in [-0.2, 0) is 13.0 Å². The molecule has 1 amide bonds. The molecule has 0 fully saturated rings. The fourth-order valence-corrected chi connectivity index (χ4v) is 4.91. The molecule has 1 aliphatic rings. The van der Waals surface area contributed by atoms with E-state index < -0.39 is 0 Å². The van der Waals surface area contributed by atoms with E-state index >= 15 is 0 Å². The fraction of sp³-hybridized carbons (Fsp3) is 0.429. The summed E-state index contributed by atoms with van der Waals surface area (Å²) in [4.78, 5) is 17.3. The second-order valence-corrected chi connectivity index (χ2v) is 8.71. The molecule has 0 unspecified atom stereocenters. The number of carbonyl (C=O) groups excluding carboxylic acids is 1. The summed E-state index contributed by atoms with van der Waals surface area (Å²) < 4.78 is 2.06. The SMILES string of the molecule is Cc1nn(CC(C)C)c2sc(C(=O)N3c4ccccc4CC[C@@H]3C)cc12. The standard InChI is InChI=1S/C21H25N3OS/c1-13(2)12-23-21-17(15(4)22-23)11-19(26-21)20(25)24-14(3)9-10-16-7-5-6-8-18(16)24/h5-8,11,13-14H,9-10,12H2,1-4H3/t14-/m0/s1. The second-order valence-electron chi connectivity index (χ2n) is 7.68. The van der Waals surface area contributed by atoms with Crippen LogP contribution in [0.5, 0.6) is 0 Å². The minimum absolute atomic E-state index is 0.112. The summed E-state index contributed by atoms with van der Waals surface area (Å²) in [5, 5.41) is 5.76. The number of hydrogen-bond acceptors (Lipinski definition) is 3. The van der Waals surface area contributed by atoms with Crippen LogP contribution in [0.2, 0.25) is 0 Å². The van der Waals surface area contributed by atoms with Crippen LogP contribution in [0.25, 0.3) is 10.2 Å². The Labute approximate surface area is 158 Å². The molecule has 3 heterocycles. The number of fused-ring (bicyclic) bond motifs is 2. The molecule has 4 rings (SSSR count). The predicted octanol–water partition coefficient (Wildman–Crippen LogP) is 5.04. The van der Waals surface area contributed by atoms with E-state index in [1.807, 2.05) is 24.0 Å². The maximum Gasteiger partial charge on any atom is 0.268 e. The molecule has 2 aromatic heterocycles. The molecule has 26 heavy (non-hydrogen) atoms. The normalized spacial score (nSPS) is 17.1. The van der Waals surface area contributed by atoms with Crippen LogP contribution in [0.4, 0.5) is 5.69 Å². The van der Waals surface area contributed by atoms with E-state index in [9.17, 15) is 4.79 Å². The van der Waals surface area contributed by atoms with E-state index in [-0.39, 0.29) is 11.9 Å². The lowest BCUT2D eigenvalue weighted by Gasteiger charge is -2.35. The van der Waals surface area contributed by atoms with E-state index in [1.54, 1.807) is 11.3 Å². The van der Waals surface area contributed by atoms with Crippen LogP contribution in [0.1, 0.15) is 48.1 Å². The van der Waals surface area contributed by atoms with Crippen molar-refractivity contribution in [3.8, 4) is 0 Å². The Morgan fingerprint density at radius 2 is 2.12 bits per heavy atom. The minimum Gasteiger partial charge on any atom is -0.305 e. The Balaban J connectivity index is 1.75. The predicted molar refractivity (Wildman–Crippen MR) is 108 cm³/mol. The number of benzene rings is 1. The first-order valence-corrected chi connectivity index (χ1v) is 10.2. The molecule has 0 radical (unpaired) electrons. The van der Waals surface area contributed by atoms with Gasteiger partial charge in [0.25, 0.3) is 5.91 Å². The quantitative estimate of drug-likeness (QED) is 0.650. The summed E-state index contributed by atoms with van der Waals surface area (Å²) in [5.41, 5.74) is 3.33. The Morgan fingerprint density at radius 1 is 1.35 bits per heavy atom. The number of hydrogen-bond donors (Lipinski definition) is 0. The topological polar surface area (TPSA) is 38.1 Å². The third kappa shape index (κ3) is 2.84.